The van der Waals surface area contributed by atoms with Crippen molar-refractivity contribution in [3.05, 3.63) is 57.8 Å². The van der Waals surface area contributed by atoms with Crippen LogP contribution in [-0.2, 0) is 0 Å². The number of benzene rings is 1. The number of rotatable bonds is 3. The molecule has 1 atom stereocenters. The molecule has 1 aromatic carbocycles. The fourth-order valence-corrected chi connectivity index (χ4v) is 1.93. The van der Waals surface area contributed by atoms with E-state index in [2.05, 4.69) is 26.2 Å². The molecular formula is C13H9BrF4N2. The molecule has 0 saturated carbocycles. The van der Waals surface area contributed by atoms with Crippen molar-refractivity contribution in [1.29, 1.82) is 0 Å². The molecule has 0 bridgehead atoms. The summed E-state index contributed by atoms with van der Waals surface area (Å²) < 4.78 is 53.8. The highest BCUT2D eigenvalue weighted by molar-refractivity contribution is 9.10. The van der Waals surface area contributed by atoms with Gasteiger partial charge in [0.2, 0.25) is 11.6 Å². The first-order valence-corrected chi connectivity index (χ1v) is 6.41. The predicted molar refractivity (Wildman–Crippen MR) is 70.2 cm³/mol. The standard InChI is InChI=1S/C13H9BrF4N2/c1-6(7-2-4-8(14)5-3-7)19-11-9(15)12(17)20-13(18)10(11)16/h2-6H,1H3,(H,19,20). The van der Waals surface area contributed by atoms with Crippen LogP contribution in [0, 0.1) is 23.5 Å². The van der Waals surface area contributed by atoms with Gasteiger partial charge in [0.1, 0.15) is 5.69 Å². The molecule has 1 aromatic heterocycles. The van der Waals surface area contributed by atoms with Gasteiger partial charge >= 0.3 is 0 Å². The summed E-state index contributed by atoms with van der Waals surface area (Å²) in [7, 11) is 0. The molecule has 1 unspecified atom stereocenters. The van der Waals surface area contributed by atoms with E-state index in [0.717, 1.165) is 4.47 Å². The lowest BCUT2D eigenvalue weighted by Gasteiger charge is -2.17. The fourth-order valence-electron chi connectivity index (χ4n) is 1.67. The molecule has 0 amide bonds. The molecule has 0 radical (unpaired) electrons. The molecule has 106 valence electrons. The Kier molecular flexibility index (Phi) is 4.27. The van der Waals surface area contributed by atoms with Crippen LogP contribution in [0.2, 0.25) is 0 Å². The third-order valence-electron chi connectivity index (χ3n) is 2.73. The predicted octanol–water partition coefficient (Wildman–Crippen LogP) is 4.57. The lowest BCUT2D eigenvalue weighted by atomic mass is 10.1. The van der Waals surface area contributed by atoms with E-state index in [-0.39, 0.29) is 0 Å². The van der Waals surface area contributed by atoms with Crippen LogP contribution in [0.15, 0.2) is 28.7 Å². The maximum Gasteiger partial charge on any atom is 0.253 e. The molecule has 0 aliphatic heterocycles. The summed E-state index contributed by atoms with van der Waals surface area (Å²) in [4.78, 5) is 2.50. The first kappa shape index (κ1) is 14.8. The Bertz CT molecular complexity index is 605. The molecule has 0 spiro atoms. The van der Waals surface area contributed by atoms with E-state index in [1.54, 1.807) is 31.2 Å². The molecule has 2 rings (SSSR count). The van der Waals surface area contributed by atoms with Crippen molar-refractivity contribution in [1.82, 2.24) is 4.98 Å². The molecular weight excluding hydrogens is 340 g/mol. The van der Waals surface area contributed by atoms with E-state index in [0.29, 0.717) is 5.56 Å². The van der Waals surface area contributed by atoms with E-state index in [1.165, 1.54) is 0 Å². The minimum atomic E-state index is -1.69. The van der Waals surface area contributed by atoms with Crippen LogP contribution in [0.5, 0.6) is 0 Å². The number of hydrogen-bond acceptors (Lipinski definition) is 2. The van der Waals surface area contributed by atoms with Gasteiger partial charge in [-0.25, -0.2) is 0 Å². The smallest absolute Gasteiger partial charge is 0.253 e. The second-order valence-electron chi connectivity index (χ2n) is 4.11. The lowest BCUT2D eigenvalue weighted by Crippen LogP contribution is -2.13. The highest BCUT2D eigenvalue weighted by atomic mass is 79.9. The Morgan fingerprint density at radius 2 is 1.50 bits per heavy atom. The number of anilines is 1. The van der Waals surface area contributed by atoms with E-state index >= 15 is 0 Å². The molecule has 2 nitrogen and oxygen atoms in total. The van der Waals surface area contributed by atoms with Gasteiger partial charge in [-0.1, -0.05) is 28.1 Å². The minimum absolute atomic E-state index is 0.548. The van der Waals surface area contributed by atoms with Crippen molar-refractivity contribution in [2.45, 2.75) is 13.0 Å². The zero-order valence-electron chi connectivity index (χ0n) is 10.2. The molecule has 1 heterocycles. The molecule has 20 heavy (non-hydrogen) atoms. The van der Waals surface area contributed by atoms with Crippen LogP contribution in [0.25, 0.3) is 0 Å². The highest BCUT2D eigenvalue weighted by Gasteiger charge is 2.22. The third kappa shape index (κ3) is 2.92. The number of nitrogens with one attached hydrogen (secondary N) is 1. The normalized spacial score (nSPS) is 12.3. The van der Waals surface area contributed by atoms with Crippen LogP contribution in [0.1, 0.15) is 18.5 Å². The van der Waals surface area contributed by atoms with Gasteiger partial charge in [0, 0.05) is 10.5 Å². The Hall–Kier alpha value is -1.63. The van der Waals surface area contributed by atoms with E-state index < -0.39 is 35.3 Å². The summed E-state index contributed by atoms with van der Waals surface area (Å²) >= 11 is 3.26. The first-order chi connectivity index (χ1) is 9.40. The first-order valence-electron chi connectivity index (χ1n) is 5.62. The Labute approximate surface area is 121 Å². The van der Waals surface area contributed by atoms with Crippen molar-refractivity contribution >= 4 is 21.6 Å². The van der Waals surface area contributed by atoms with Gasteiger partial charge < -0.3 is 5.32 Å². The van der Waals surface area contributed by atoms with Crippen LogP contribution in [0.4, 0.5) is 23.2 Å². The third-order valence-corrected chi connectivity index (χ3v) is 3.26. The maximum atomic E-state index is 13.5. The molecule has 1 N–H and O–H groups in total. The van der Waals surface area contributed by atoms with Gasteiger partial charge in [-0.3, -0.25) is 0 Å². The number of nitrogens with zero attached hydrogens (tertiary/aromatic N) is 1. The number of hydrogen-bond donors (Lipinski definition) is 1. The summed E-state index contributed by atoms with van der Waals surface area (Å²) in [6.45, 7) is 1.61. The van der Waals surface area contributed by atoms with Crippen molar-refractivity contribution < 1.29 is 17.6 Å². The molecule has 0 aliphatic carbocycles. The summed E-state index contributed by atoms with van der Waals surface area (Å²) in [5, 5.41) is 2.41. The van der Waals surface area contributed by atoms with Crippen LogP contribution >= 0.6 is 15.9 Å². The topological polar surface area (TPSA) is 24.9 Å². The molecule has 2 aromatic rings. The molecule has 0 saturated heterocycles. The second-order valence-corrected chi connectivity index (χ2v) is 5.03. The monoisotopic (exact) mass is 348 g/mol. The quantitative estimate of drug-likeness (QED) is 0.649. The zero-order valence-corrected chi connectivity index (χ0v) is 11.8. The van der Waals surface area contributed by atoms with Crippen LogP contribution in [0.3, 0.4) is 0 Å². The number of aromatic nitrogens is 1. The van der Waals surface area contributed by atoms with Crippen LogP contribution < -0.4 is 5.32 Å². The fraction of sp³-hybridized carbons (Fsp3) is 0.154. The largest absolute Gasteiger partial charge is 0.373 e. The van der Waals surface area contributed by atoms with Crippen LogP contribution in [-0.4, -0.2) is 4.98 Å². The van der Waals surface area contributed by atoms with Crippen molar-refractivity contribution in [3.8, 4) is 0 Å². The van der Waals surface area contributed by atoms with Crippen molar-refractivity contribution in [3.63, 3.8) is 0 Å². The summed E-state index contributed by atoms with van der Waals surface area (Å²) in [6, 6.07) is 6.37. The lowest BCUT2D eigenvalue weighted by molar-refractivity contribution is 0.410. The Morgan fingerprint density at radius 3 is 2.00 bits per heavy atom. The van der Waals surface area contributed by atoms with Gasteiger partial charge in [0.25, 0.3) is 11.9 Å². The number of halogens is 5. The average Bonchev–Trinajstić information content (AvgIpc) is 2.42. The summed E-state index contributed by atoms with van der Waals surface area (Å²) in [5.74, 6) is -6.47. The van der Waals surface area contributed by atoms with E-state index in [1.807, 2.05) is 0 Å². The number of pyridine rings is 1. The summed E-state index contributed by atoms with van der Waals surface area (Å²) in [6.07, 6.45) is 0. The molecule has 0 aliphatic rings. The van der Waals surface area contributed by atoms with Gasteiger partial charge in [-0.15, -0.1) is 0 Å². The van der Waals surface area contributed by atoms with E-state index in [9.17, 15) is 17.6 Å². The van der Waals surface area contributed by atoms with Crippen molar-refractivity contribution in [2.24, 2.45) is 0 Å². The van der Waals surface area contributed by atoms with Crippen molar-refractivity contribution in [2.75, 3.05) is 5.32 Å². The SMILES string of the molecule is CC(Nc1c(F)c(F)nc(F)c1F)c1ccc(Br)cc1. The summed E-state index contributed by atoms with van der Waals surface area (Å²) in [5.41, 5.74) is -0.171. The van der Waals surface area contributed by atoms with Gasteiger partial charge in [-0.05, 0) is 24.6 Å². The second kappa shape index (κ2) is 5.78. The maximum absolute atomic E-state index is 13.5. The Balaban J connectivity index is 2.32. The van der Waals surface area contributed by atoms with Gasteiger partial charge in [-0.2, -0.15) is 22.5 Å². The molecule has 7 heteroatoms. The average molecular weight is 349 g/mol. The zero-order chi connectivity index (χ0) is 14.9. The minimum Gasteiger partial charge on any atom is -0.373 e. The highest BCUT2D eigenvalue weighted by Crippen LogP contribution is 2.27. The Morgan fingerprint density at radius 1 is 1.00 bits per heavy atom. The van der Waals surface area contributed by atoms with E-state index in [4.69, 9.17) is 0 Å². The van der Waals surface area contributed by atoms with Gasteiger partial charge in [0.05, 0.1) is 0 Å². The van der Waals surface area contributed by atoms with Gasteiger partial charge in [0.15, 0.2) is 0 Å². The molecule has 0 fully saturated rings.